The van der Waals surface area contributed by atoms with Gasteiger partial charge in [-0.1, -0.05) is 37.1 Å². The fraction of sp³-hybridized carbons (Fsp3) is 0.368. The lowest BCUT2D eigenvalue weighted by Gasteiger charge is -2.31. The van der Waals surface area contributed by atoms with E-state index in [9.17, 15) is 4.79 Å². The van der Waals surface area contributed by atoms with E-state index in [1.807, 2.05) is 24.3 Å². The first-order chi connectivity index (χ1) is 12.4. The Labute approximate surface area is 165 Å². The molecule has 138 valence electrons. The van der Waals surface area contributed by atoms with Crippen LogP contribution in [0.1, 0.15) is 42.1 Å². The van der Waals surface area contributed by atoms with Gasteiger partial charge in [0.05, 0.1) is 12.3 Å². The molecule has 7 heteroatoms. The average molecular weight is 441 g/mol. The van der Waals surface area contributed by atoms with Gasteiger partial charge in [0, 0.05) is 16.1 Å². The van der Waals surface area contributed by atoms with Crippen LogP contribution in [0.5, 0.6) is 5.75 Å². The van der Waals surface area contributed by atoms with Crippen molar-refractivity contribution >= 4 is 33.5 Å². The lowest BCUT2D eigenvalue weighted by Crippen LogP contribution is -2.27. The number of hydrogen-bond donors (Lipinski definition) is 1. The zero-order valence-electron chi connectivity index (χ0n) is 14.5. The molecule has 0 amide bonds. The zero-order valence-corrected chi connectivity index (χ0v) is 16.9. The molecular formula is C19H19BrClNO4. The molecule has 3 rings (SSSR count). The summed E-state index contributed by atoms with van der Waals surface area (Å²) in [6, 6.07) is 7.59. The van der Waals surface area contributed by atoms with Gasteiger partial charge in [0.1, 0.15) is 16.0 Å². The van der Waals surface area contributed by atoms with E-state index in [0.29, 0.717) is 27.7 Å². The van der Waals surface area contributed by atoms with Crippen LogP contribution in [0, 0.1) is 6.92 Å². The number of aromatic nitrogens is 1. The molecule has 0 aliphatic carbocycles. The maximum atomic E-state index is 10.9. The van der Waals surface area contributed by atoms with Crippen molar-refractivity contribution in [3.63, 3.8) is 0 Å². The van der Waals surface area contributed by atoms with Gasteiger partial charge in [-0.3, -0.25) is 0 Å². The molecule has 1 N–H and O–H groups in total. The van der Waals surface area contributed by atoms with E-state index < -0.39 is 18.2 Å². The average Bonchev–Trinajstić information content (AvgIpc) is 2.96. The third-order valence-electron chi connectivity index (χ3n) is 4.50. The highest BCUT2D eigenvalue weighted by Gasteiger charge is 2.45. The Kier molecular flexibility index (Phi) is 5.55. The second kappa shape index (κ2) is 7.55. The number of halogens is 2. The molecule has 1 unspecified atom stereocenters. The molecule has 0 bridgehead atoms. The third-order valence-corrected chi connectivity index (χ3v) is 5.32. The molecule has 2 heterocycles. The van der Waals surface area contributed by atoms with Crippen LogP contribution >= 0.6 is 27.5 Å². The summed E-state index contributed by atoms with van der Waals surface area (Å²) in [5, 5.41) is 9.62. The van der Waals surface area contributed by atoms with Crippen LogP contribution in [-0.2, 0) is 21.7 Å². The summed E-state index contributed by atoms with van der Waals surface area (Å²) >= 11 is 9.63. The maximum Gasteiger partial charge on any atom is 0.341 e. The van der Waals surface area contributed by atoms with E-state index in [2.05, 4.69) is 27.8 Å². The first-order valence-electron chi connectivity index (χ1n) is 8.33. The Balaban J connectivity index is 2.17. The topological polar surface area (TPSA) is 68.7 Å². The van der Waals surface area contributed by atoms with E-state index in [1.54, 1.807) is 6.92 Å². The van der Waals surface area contributed by atoms with E-state index >= 15 is 0 Å². The number of nitrogens with zero attached hydrogens (tertiary/aromatic N) is 1. The predicted octanol–water partition coefficient (Wildman–Crippen LogP) is 4.84. The number of hydrogen-bond acceptors (Lipinski definition) is 4. The Morgan fingerprint density at radius 1 is 1.42 bits per heavy atom. The smallest absolute Gasteiger partial charge is 0.341 e. The molecule has 0 spiro atoms. The Hall–Kier alpha value is -1.63. The summed E-state index contributed by atoms with van der Waals surface area (Å²) in [7, 11) is 0. The number of carboxylic acids is 1. The number of aliphatic carboxylic acids is 1. The molecule has 1 atom stereocenters. The molecule has 0 saturated carbocycles. The lowest BCUT2D eigenvalue weighted by atomic mass is 9.82. The highest BCUT2D eigenvalue weighted by molar-refractivity contribution is 9.10. The molecule has 26 heavy (non-hydrogen) atoms. The van der Waals surface area contributed by atoms with Gasteiger partial charge in [-0.05, 0) is 47.0 Å². The summed E-state index contributed by atoms with van der Waals surface area (Å²) in [6.45, 7) is 3.80. The monoisotopic (exact) mass is 439 g/mol. The van der Waals surface area contributed by atoms with Gasteiger partial charge < -0.3 is 14.6 Å². The number of fused-ring (bicyclic) bond motifs is 1. The van der Waals surface area contributed by atoms with E-state index in [-0.39, 0.29) is 0 Å². The molecule has 5 nitrogen and oxygen atoms in total. The second-order valence-corrected chi connectivity index (χ2v) is 7.41. The van der Waals surface area contributed by atoms with E-state index in [4.69, 9.17) is 26.2 Å². The van der Waals surface area contributed by atoms with Gasteiger partial charge >= 0.3 is 5.97 Å². The number of benzene rings is 1. The maximum absolute atomic E-state index is 10.9. The van der Waals surface area contributed by atoms with Gasteiger partial charge in [0.25, 0.3) is 0 Å². The summed E-state index contributed by atoms with van der Waals surface area (Å²) in [5.41, 5.74) is 2.68. The van der Waals surface area contributed by atoms with Crippen molar-refractivity contribution in [1.82, 2.24) is 4.98 Å². The lowest BCUT2D eigenvalue weighted by molar-refractivity contribution is -0.139. The number of aryl methyl sites for hydroxylation is 1. The Morgan fingerprint density at radius 3 is 2.73 bits per heavy atom. The molecule has 0 saturated heterocycles. The van der Waals surface area contributed by atoms with Gasteiger partial charge in [-0.25, -0.2) is 9.78 Å². The molecule has 1 aromatic heterocycles. The van der Waals surface area contributed by atoms with Crippen molar-refractivity contribution in [3.8, 4) is 5.75 Å². The quantitative estimate of drug-likeness (QED) is 0.651. The molecule has 1 aromatic carbocycles. The van der Waals surface area contributed by atoms with Gasteiger partial charge in [-0.15, -0.1) is 0 Å². The highest BCUT2D eigenvalue weighted by Crippen LogP contribution is 2.51. The normalized spacial score (nSPS) is 18.6. The predicted molar refractivity (Wildman–Crippen MR) is 102 cm³/mol. The van der Waals surface area contributed by atoms with Gasteiger partial charge in [0.2, 0.25) is 0 Å². The summed E-state index contributed by atoms with van der Waals surface area (Å²) in [4.78, 5) is 15.5. The minimum absolute atomic E-state index is 0.328. The molecule has 0 fully saturated rings. The number of carboxylic acid groups (broad SMARTS) is 1. The van der Waals surface area contributed by atoms with Crippen LogP contribution in [0.25, 0.3) is 0 Å². The molecule has 0 radical (unpaired) electrons. The highest BCUT2D eigenvalue weighted by atomic mass is 79.9. The molecule has 2 aromatic rings. The molecule has 1 aliphatic heterocycles. The summed E-state index contributed by atoms with van der Waals surface area (Å²) in [5.74, 6) is -0.546. The Bertz CT molecular complexity index is 840. The number of carbonyl (C=O) groups is 1. The van der Waals surface area contributed by atoms with Crippen LogP contribution < -0.4 is 4.74 Å². The minimum Gasteiger partial charge on any atom is -0.480 e. The van der Waals surface area contributed by atoms with Crippen LogP contribution in [0.3, 0.4) is 0 Å². The fourth-order valence-electron chi connectivity index (χ4n) is 3.49. The minimum atomic E-state index is -1.03. The van der Waals surface area contributed by atoms with Crippen molar-refractivity contribution in [1.29, 1.82) is 0 Å². The van der Waals surface area contributed by atoms with E-state index in [0.717, 1.165) is 29.5 Å². The van der Waals surface area contributed by atoms with Gasteiger partial charge in [-0.2, -0.15) is 0 Å². The standard InChI is InChI=1S/C19H19BrClNO4/c1-3-8-19(12-4-6-13(21)7-5-12)16-14(9-26-19)17(25-10-15(23)24)11(2)22-18(16)20/h4-7H,3,8-10H2,1-2H3,(H,23,24). The molecule has 1 aliphatic rings. The first-order valence-corrected chi connectivity index (χ1v) is 9.50. The largest absolute Gasteiger partial charge is 0.480 e. The summed E-state index contributed by atoms with van der Waals surface area (Å²) < 4.78 is 12.5. The number of rotatable bonds is 6. The first kappa shape index (κ1) is 19.1. The van der Waals surface area contributed by atoms with Crippen molar-refractivity contribution in [2.45, 2.75) is 38.9 Å². The van der Waals surface area contributed by atoms with Crippen LogP contribution in [-0.4, -0.2) is 22.7 Å². The van der Waals surface area contributed by atoms with Crippen LogP contribution in [0.4, 0.5) is 0 Å². The van der Waals surface area contributed by atoms with Crippen molar-refractivity contribution in [3.05, 3.63) is 56.3 Å². The van der Waals surface area contributed by atoms with Crippen LogP contribution in [0.2, 0.25) is 5.02 Å². The fourth-order valence-corrected chi connectivity index (χ4v) is 4.44. The zero-order chi connectivity index (χ0) is 18.9. The third kappa shape index (κ3) is 3.33. The van der Waals surface area contributed by atoms with Crippen molar-refractivity contribution < 1.29 is 19.4 Å². The number of ether oxygens (including phenoxy) is 2. The van der Waals surface area contributed by atoms with E-state index in [1.165, 1.54) is 0 Å². The SMILES string of the molecule is CCCC1(c2ccc(Cl)cc2)OCc2c(OCC(=O)O)c(C)nc(Br)c21. The van der Waals surface area contributed by atoms with Crippen molar-refractivity contribution in [2.75, 3.05) is 6.61 Å². The molecular weight excluding hydrogens is 422 g/mol. The Morgan fingerprint density at radius 2 is 2.12 bits per heavy atom. The summed E-state index contributed by atoms with van der Waals surface area (Å²) in [6.07, 6.45) is 1.65. The van der Waals surface area contributed by atoms with Crippen LogP contribution in [0.15, 0.2) is 28.9 Å². The number of pyridine rings is 1. The van der Waals surface area contributed by atoms with Crippen molar-refractivity contribution in [2.24, 2.45) is 0 Å². The van der Waals surface area contributed by atoms with Gasteiger partial charge in [0.15, 0.2) is 6.61 Å². The second-order valence-electron chi connectivity index (χ2n) is 6.23.